The lowest BCUT2D eigenvalue weighted by Gasteiger charge is -2.10. The second kappa shape index (κ2) is 4.98. The van der Waals surface area contributed by atoms with Crippen molar-refractivity contribution in [2.75, 3.05) is 5.32 Å². The van der Waals surface area contributed by atoms with Gasteiger partial charge in [0.2, 0.25) is 5.91 Å². The Morgan fingerprint density at radius 3 is 2.82 bits per heavy atom. The molecule has 1 saturated carbocycles. The fourth-order valence-corrected chi connectivity index (χ4v) is 2.77. The predicted molar refractivity (Wildman–Crippen MR) is 87.6 cm³/mol. The van der Waals surface area contributed by atoms with E-state index in [1.54, 1.807) is 0 Å². The highest BCUT2D eigenvalue weighted by molar-refractivity contribution is 5.99. The molecule has 1 amide bonds. The van der Waals surface area contributed by atoms with Crippen molar-refractivity contribution in [1.29, 1.82) is 0 Å². The molecule has 1 fully saturated rings. The standard InChI is InChI=1S/C18H17N3O/c1-11-4-2-3-5-13(11)15-10-16(21-18(22)12-6-7-12)20-17-14(15)8-9-19-17/h2-5,8-10,12H,6-7H2,1H3,(H2,19,20,21,22). The van der Waals surface area contributed by atoms with E-state index in [0.717, 1.165) is 35.0 Å². The van der Waals surface area contributed by atoms with Crippen molar-refractivity contribution in [3.05, 3.63) is 48.2 Å². The Balaban J connectivity index is 1.83. The van der Waals surface area contributed by atoms with Crippen LogP contribution in [0, 0.1) is 12.8 Å². The van der Waals surface area contributed by atoms with Crippen LogP contribution in [0.25, 0.3) is 22.2 Å². The highest BCUT2D eigenvalue weighted by Crippen LogP contribution is 2.33. The molecule has 22 heavy (non-hydrogen) atoms. The van der Waals surface area contributed by atoms with Gasteiger partial charge in [-0.05, 0) is 48.6 Å². The zero-order chi connectivity index (χ0) is 15.1. The first-order valence-electron chi connectivity index (χ1n) is 7.57. The molecule has 0 saturated heterocycles. The first kappa shape index (κ1) is 13.1. The van der Waals surface area contributed by atoms with E-state index in [4.69, 9.17) is 0 Å². The number of fused-ring (bicyclic) bond motifs is 1. The van der Waals surface area contributed by atoms with Gasteiger partial charge >= 0.3 is 0 Å². The quantitative estimate of drug-likeness (QED) is 0.769. The number of nitrogens with one attached hydrogen (secondary N) is 2. The lowest BCUT2D eigenvalue weighted by molar-refractivity contribution is -0.117. The summed E-state index contributed by atoms with van der Waals surface area (Å²) in [7, 11) is 0. The molecular formula is C18H17N3O. The molecule has 2 heterocycles. The number of hydrogen-bond donors (Lipinski definition) is 2. The van der Waals surface area contributed by atoms with E-state index in [2.05, 4.69) is 34.3 Å². The van der Waals surface area contributed by atoms with Gasteiger partial charge in [0, 0.05) is 17.5 Å². The van der Waals surface area contributed by atoms with E-state index in [1.165, 1.54) is 5.56 Å². The number of H-pyrrole nitrogens is 1. The van der Waals surface area contributed by atoms with Gasteiger partial charge in [0.1, 0.15) is 11.5 Å². The Kier molecular flexibility index (Phi) is 2.96. The van der Waals surface area contributed by atoms with Crippen LogP contribution in [0.2, 0.25) is 0 Å². The molecule has 0 aliphatic heterocycles. The summed E-state index contributed by atoms with van der Waals surface area (Å²) in [5, 5.41) is 4.01. The third-order valence-corrected chi connectivity index (χ3v) is 4.16. The Labute approximate surface area is 128 Å². The molecule has 1 aromatic carbocycles. The van der Waals surface area contributed by atoms with Crippen molar-refractivity contribution >= 4 is 22.8 Å². The Morgan fingerprint density at radius 1 is 1.23 bits per heavy atom. The maximum atomic E-state index is 12.0. The zero-order valence-electron chi connectivity index (χ0n) is 12.4. The van der Waals surface area contributed by atoms with E-state index >= 15 is 0 Å². The van der Waals surface area contributed by atoms with E-state index < -0.39 is 0 Å². The summed E-state index contributed by atoms with van der Waals surface area (Å²) in [5.74, 6) is 0.863. The number of aryl methyl sites for hydroxylation is 1. The van der Waals surface area contributed by atoms with Gasteiger partial charge in [-0.1, -0.05) is 24.3 Å². The summed E-state index contributed by atoms with van der Waals surface area (Å²) in [4.78, 5) is 19.7. The summed E-state index contributed by atoms with van der Waals surface area (Å²) < 4.78 is 0. The van der Waals surface area contributed by atoms with Crippen LogP contribution in [0.4, 0.5) is 5.82 Å². The molecule has 0 spiro atoms. The second-order valence-corrected chi connectivity index (χ2v) is 5.87. The monoisotopic (exact) mass is 291 g/mol. The average molecular weight is 291 g/mol. The minimum atomic E-state index is 0.0779. The summed E-state index contributed by atoms with van der Waals surface area (Å²) in [6, 6.07) is 12.3. The highest BCUT2D eigenvalue weighted by atomic mass is 16.2. The second-order valence-electron chi connectivity index (χ2n) is 5.87. The van der Waals surface area contributed by atoms with E-state index in [9.17, 15) is 4.79 Å². The van der Waals surface area contributed by atoms with Gasteiger partial charge < -0.3 is 10.3 Å². The van der Waals surface area contributed by atoms with Crippen molar-refractivity contribution in [3.8, 4) is 11.1 Å². The van der Waals surface area contributed by atoms with Crippen molar-refractivity contribution in [3.63, 3.8) is 0 Å². The molecule has 110 valence electrons. The smallest absolute Gasteiger partial charge is 0.228 e. The topological polar surface area (TPSA) is 57.8 Å². The molecule has 1 aliphatic rings. The van der Waals surface area contributed by atoms with Crippen LogP contribution in [0.3, 0.4) is 0 Å². The minimum Gasteiger partial charge on any atom is -0.346 e. The number of benzene rings is 1. The molecule has 4 nitrogen and oxygen atoms in total. The van der Waals surface area contributed by atoms with Gasteiger partial charge in [-0.2, -0.15) is 0 Å². The molecule has 3 aromatic rings. The normalized spacial score (nSPS) is 14.2. The number of carbonyl (C=O) groups excluding carboxylic acids is 1. The zero-order valence-corrected chi connectivity index (χ0v) is 12.4. The SMILES string of the molecule is Cc1ccccc1-c1cc(NC(=O)C2CC2)nc2[nH]ccc12. The Bertz CT molecular complexity index is 862. The lowest BCUT2D eigenvalue weighted by Crippen LogP contribution is -2.14. The molecular weight excluding hydrogens is 274 g/mol. The number of carbonyl (C=O) groups is 1. The summed E-state index contributed by atoms with van der Waals surface area (Å²) in [6.07, 6.45) is 3.86. The number of anilines is 1. The number of aromatic amines is 1. The fraction of sp³-hybridized carbons (Fsp3) is 0.222. The number of nitrogens with zero attached hydrogens (tertiary/aromatic N) is 1. The molecule has 0 atom stereocenters. The van der Waals surface area contributed by atoms with E-state index in [0.29, 0.717) is 5.82 Å². The first-order valence-corrected chi connectivity index (χ1v) is 7.57. The van der Waals surface area contributed by atoms with Crippen LogP contribution in [-0.2, 0) is 4.79 Å². The maximum Gasteiger partial charge on any atom is 0.228 e. The predicted octanol–water partition coefficient (Wildman–Crippen LogP) is 3.89. The number of hydrogen-bond acceptors (Lipinski definition) is 2. The van der Waals surface area contributed by atoms with Gasteiger partial charge in [-0.25, -0.2) is 4.98 Å². The molecule has 0 bridgehead atoms. The third kappa shape index (κ3) is 2.26. The molecule has 2 aromatic heterocycles. The van der Waals surface area contributed by atoms with Crippen LogP contribution in [0.15, 0.2) is 42.6 Å². The van der Waals surface area contributed by atoms with Gasteiger partial charge in [-0.3, -0.25) is 4.79 Å². The average Bonchev–Trinajstić information content (AvgIpc) is 3.26. The molecule has 4 rings (SSSR count). The van der Waals surface area contributed by atoms with Crippen LogP contribution in [0.5, 0.6) is 0 Å². The molecule has 0 radical (unpaired) electrons. The van der Waals surface area contributed by atoms with Gasteiger partial charge in [0.15, 0.2) is 0 Å². The van der Waals surface area contributed by atoms with Crippen LogP contribution in [-0.4, -0.2) is 15.9 Å². The summed E-state index contributed by atoms with van der Waals surface area (Å²) >= 11 is 0. The Morgan fingerprint density at radius 2 is 2.05 bits per heavy atom. The maximum absolute atomic E-state index is 12.0. The molecule has 0 unspecified atom stereocenters. The van der Waals surface area contributed by atoms with Crippen molar-refractivity contribution in [1.82, 2.24) is 9.97 Å². The molecule has 2 N–H and O–H groups in total. The third-order valence-electron chi connectivity index (χ3n) is 4.16. The summed E-state index contributed by atoms with van der Waals surface area (Å²) in [6.45, 7) is 2.09. The van der Waals surface area contributed by atoms with Crippen molar-refractivity contribution in [2.45, 2.75) is 19.8 Å². The van der Waals surface area contributed by atoms with Crippen LogP contribution >= 0.6 is 0 Å². The number of pyridine rings is 1. The lowest BCUT2D eigenvalue weighted by atomic mass is 9.99. The largest absolute Gasteiger partial charge is 0.346 e. The van der Waals surface area contributed by atoms with Crippen LogP contribution in [0.1, 0.15) is 18.4 Å². The van der Waals surface area contributed by atoms with E-state index in [-0.39, 0.29) is 11.8 Å². The summed E-state index contributed by atoms with van der Waals surface area (Å²) in [5.41, 5.74) is 4.26. The molecule has 4 heteroatoms. The number of amides is 1. The molecule has 1 aliphatic carbocycles. The number of rotatable bonds is 3. The highest BCUT2D eigenvalue weighted by Gasteiger charge is 2.30. The fourth-order valence-electron chi connectivity index (χ4n) is 2.77. The first-order chi connectivity index (χ1) is 10.7. The van der Waals surface area contributed by atoms with Gasteiger partial charge in [-0.15, -0.1) is 0 Å². The van der Waals surface area contributed by atoms with Gasteiger partial charge in [0.05, 0.1) is 0 Å². The Hall–Kier alpha value is -2.62. The van der Waals surface area contributed by atoms with Crippen LogP contribution < -0.4 is 5.32 Å². The van der Waals surface area contributed by atoms with Crippen molar-refractivity contribution in [2.24, 2.45) is 5.92 Å². The number of aromatic nitrogens is 2. The van der Waals surface area contributed by atoms with Gasteiger partial charge in [0.25, 0.3) is 0 Å². The van der Waals surface area contributed by atoms with Crippen molar-refractivity contribution < 1.29 is 4.79 Å². The van der Waals surface area contributed by atoms with E-state index in [1.807, 2.05) is 30.5 Å². The minimum absolute atomic E-state index is 0.0779.